The van der Waals surface area contributed by atoms with Crippen molar-refractivity contribution < 1.29 is 0 Å². The zero-order valence-corrected chi connectivity index (χ0v) is 14.1. The van der Waals surface area contributed by atoms with E-state index >= 15 is 0 Å². The van der Waals surface area contributed by atoms with Crippen molar-refractivity contribution in [3.8, 4) is 22.3 Å². The molecule has 0 bridgehead atoms. The van der Waals surface area contributed by atoms with Gasteiger partial charge in [-0.3, -0.25) is 0 Å². The molecular weight excluding hydrogens is 300 g/mol. The van der Waals surface area contributed by atoms with Crippen molar-refractivity contribution in [2.75, 3.05) is 0 Å². The summed E-state index contributed by atoms with van der Waals surface area (Å²) in [5, 5.41) is 0. The zero-order chi connectivity index (χ0) is 16.9. The Morgan fingerprint density at radius 1 is 0.360 bits per heavy atom. The highest BCUT2D eigenvalue weighted by atomic mass is 14.1. The molecule has 0 heterocycles. The predicted octanol–water partition coefficient (Wildman–Crippen LogP) is 6.61. The van der Waals surface area contributed by atoms with Crippen LogP contribution >= 0.6 is 0 Å². The fourth-order valence-corrected chi connectivity index (χ4v) is 3.22. The monoisotopic (exact) mass is 320 g/mol. The molecule has 0 saturated heterocycles. The van der Waals surface area contributed by atoms with Gasteiger partial charge in [0, 0.05) is 0 Å². The lowest BCUT2D eigenvalue weighted by atomic mass is 9.97. The van der Waals surface area contributed by atoms with E-state index in [0.29, 0.717) is 0 Å². The van der Waals surface area contributed by atoms with Crippen LogP contribution in [-0.2, 0) is 6.42 Å². The van der Waals surface area contributed by atoms with Gasteiger partial charge in [-0.05, 0) is 39.8 Å². The summed E-state index contributed by atoms with van der Waals surface area (Å²) < 4.78 is 0. The lowest BCUT2D eigenvalue weighted by Gasteiger charge is -2.08. The van der Waals surface area contributed by atoms with Crippen LogP contribution in [0.1, 0.15) is 11.1 Å². The summed E-state index contributed by atoms with van der Waals surface area (Å²) in [6.45, 7) is 0. The topological polar surface area (TPSA) is 0 Å². The lowest BCUT2D eigenvalue weighted by Crippen LogP contribution is -1.90. The molecule has 0 aliphatic carbocycles. The average Bonchev–Trinajstić information content (AvgIpc) is 2.70. The number of rotatable bonds is 4. The molecule has 0 spiro atoms. The molecule has 0 aliphatic heterocycles. The van der Waals surface area contributed by atoms with Gasteiger partial charge >= 0.3 is 0 Å². The van der Waals surface area contributed by atoms with Crippen molar-refractivity contribution in [3.63, 3.8) is 0 Å². The van der Waals surface area contributed by atoms with E-state index in [4.69, 9.17) is 0 Å². The van der Waals surface area contributed by atoms with Crippen molar-refractivity contribution in [1.29, 1.82) is 0 Å². The van der Waals surface area contributed by atoms with E-state index in [9.17, 15) is 0 Å². The fourth-order valence-electron chi connectivity index (χ4n) is 3.22. The maximum absolute atomic E-state index is 2.30. The highest BCUT2D eigenvalue weighted by Crippen LogP contribution is 2.24. The third-order valence-corrected chi connectivity index (χ3v) is 4.48. The third-order valence-electron chi connectivity index (χ3n) is 4.48. The van der Waals surface area contributed by atoms with Gasteiger partial charge in [-0.2, -0.15) is 0 Å². The van der Waals surface area contributed by atoms with Crippen LogP contribution < -0.4 is 0 Å². The lowest BCUT2D eigenvalue weighted by molar-refractivity contribution is 1.19. The minimum Gasteiger partial charge on any atom is -0.0622 e. The summed E-state index contributed by atoms with van der Waals surface area (Å²) in [6.07, 6.45) is 0.946. The summed E-state index contributed by atoms with van der Waals surface area (Å²) in [7, 11) is 0. The Morgan fingerprint density at radius 3 is 1.20 bits per heavy atom. The smallest absolute Gasteiger partial charge is 0.00253 e. The van der Waals surface area contributed by atoms with Crippen molar-refractivity contribution >= 4 is 0 Å². The molecule has 0 atom stereocenters. The van der Waals surface area contributed by atoms with E-state index in [1.54, 1.807) is 0 Å². The quantitative estimate of drug-likeness (QED) is 0.397. The summed E-state index contributed by atoms with van der Waals surface area (Å²) in [6, 6.07) is 38.8. The van der Waals surface area contributed by atoms with Gasteiger partial charge in [-0.25, -0.2) is 0 Å². The Morgan fingerprint density at radius 2 is 0.760 bits per heavy atom. The van der Waals surface area contributed by atoms with Crippen LogP contribution in [0.5, 0.6) is 0 Å². The van der Waals surface area contributed by atoms with E-state index in [1.807, 2.05) is 0 Å². The molecular formula is C25H20. The fraction of sp³-hybridized carbons (Fsp3) is 0.0400. The second-order valence-electron chi connectivity index (χ2n) is 6.31. The molecule has 120 valence electrons. The van der Waals surface area contributed by atoms with Gasteiger partial charge in [0.1, 0.15) is 0 Å². The van der Waals surface area contributed by atoms with E-state index in [-0.39, 0.29) is 0 Å². The molecule has 0 nitrogen and oxygen atoms in total. The second kappa shape index (κ2) is 7.19. The number of hydrogen-bond acceptors (Lipinski definition) is 0. The Labute approximate surface area is 149 Å². The maximum atomic E-state index is 2.30. The summed E-state index contributed by atoms with van der Waals surface area (Å²) >= 11 is 0. The molecule has 0 amide bonds. The van der Waals surface area contributed by atoms with E-state index < -0.39 is 0 Å². The van der Waals surface area contributed by atoms with E-state index in [2.05, 4.69) is 109 Å². The van der Waals surface area contributed by atoms with Crippen LogP contribution in [0, 0.1) is 0 Å². The number of hydrogen-bond donors (Lipinski definition) is 0. The zero-order valence-electron chi connectivity index (χ0n) is 14.1. The summed E-state index contributed by atoms with van der Waals surface area (Å²) in [5.41, 5.74) is 7.76. The van der Waals surface area contributed by atoms with Gasteiger partial charge < -0.3 is 0 Å². The Bertz CT molecular complexity index is 872. The Balaban J connectivity index is 1.61. The average molecular weight is 320 g/mol. The summed E-state index contributed by atoms with van der Waals surface area (Å²) in [5.74, 6) is 0. The summed E-state index contributed by atoms with van der Waals surface area (Å²) in [4.78, 5) is 0. The van der Waals surface area contributed by atoms with Gasteiger partial charge in [0.2, 0.25) is 0 Å². The van der Waals surface area contributed by atoms with Gasteiger partial charge in [-0.15, -0.1) is 0 Å². The minimum absolute atomic E-state index is 0.946. The van der Waals surface area contributed by atoms with Gasteiger partial charge in [-0.1, -0.05) is 109 Å². The van der Waals surface area contributed by atoms with E-state index in [1.165, 1.54) is 33.4 Å². The largest absolute Gasteiger partial charge is 0.0622 e. The molecule has 4 rings (SSSR count). The van der Waals surface area contributed by atoms with Crippen molar-refractivity contribution in [1.82, 2.24) is 0 Å². The minimum atomic E-state index is 0.946. The molecule has 0 N–H and O–H groups in total. The van der Waals surface area contributed by atoms with Crippen molar-refractivity contribution in [2.24, 2.45) is 0 Å². The molecule has 0 unspecified atom stereocenters. The normalized spacial score (nSPS) is 10.6. The predicted molar refractivity (Wildman–Crippen MR) is 107 cm³/mol. The first-order chi connectivity index (χ1) is 12.4. The second-order valence-corrected chi connectivity index (χ2v) is 6.31. The van der Waals surface area contributed by atoms with Gasteiger partial charge in [0.25, 0.3) is 0 Å². The van der Waals surface area contributed by atoms with Crippen LogP contribution in [0.3, 0.4) is 0 Å². The van der Waals surface area contributed by atoms with Crippen molar-refractivity contribution in [3.05, 3.63) is 120 Å². The van der Waals surface area contributed by atoms with Crippen molar-refractivity contribution in [2.45, 2.75) is 6.42 Å². The maximum Gasteiger partial charge on any atom is -0.00253 e. The van der Waals surface area contributed by atoms with Crippen LogP contribution in [-0.4, -0.2) is 0 Å². The SMILES string of the molecule is c1ccc(-c2cccc(Cc3cccc(-c4ccccc4)c3)c2)cc1. The molecule has 0 aromatic heterocycles. The van der Waals surface area contributed by atoms with Gasteiger partial charge in [0.15, 0.2) is 0 Å². The van der Waals surface area contributed by atoms with Crippen LogP contribution in [0.25, 0.3) is 22.3 Å². The van der Waals surface area contributed by atoms with Crippen LogP contribution in [0.2, 0.25) is 0 Å². The first-order valence-electron chi connectivity index (χ1n) is 8.67. The molecule has 0 saturated carbocycles. The van der Waals surface area contributed by atoms with Crippen LogP contribution in [0.15, 0.2) is 109 Å². The first-order valence-corrected chi connectivity index (χ1v) is 8.67. The van der Waals surface area contributed by atoms with E-state index in [0.717, 1.165) is 6.42 Å². The molecule has 4 aromatic rings. The third kappa shape index (κ3) is 3.70. The number of benzene rings is 4. The standard InChI is InChI=1S/C25H20/c1-3-11-22(12-4-1)24-15-7-9-20(18-24)17-21-10-8-16-25(19-21)23-13-5-2-6-14-23/h1-16,18-19H,17H2. The highest BCUT2D eigenvalue weighted by Gasteiger charge is 2.03. The molecule has 25 heavy (non-hydrogen) atoms. The molecule has 4 aromatic carbocycles. The highest BCUT2D eigenvalue weighted by molar-refractivity contribution is 5.65. The molecule has 0 fully saturated rings. The molecule has 0 aliphatic rings. The Hall–Kier alpha value is -3.12. The van der Waals surface area contributed by atoms with Gasteiger partial charge in [0.05, 0.1) is 0 Å². The first kappa shape index (κ1) is 15.4. The van der Waals surface area contributed by atoms with Crippen LogP contribution in [0.4, 0.5) is 0 Å². The Kier molecular flexibility index (Phi) is 4.43. The molecule has 0 radical (unpaired) electrons. The molecule has 0 heteroatoms.